The van der Waals surface area contributed by atoms with Crippen molar-refractivity contribution in [1.29, 1.82) is 0 Å². The van der Waals surface area contributed by atoms with Crippen LogP contribution in [-0.4, -0.2) is 0 Å². The first-order valence-electron chi connectivity index (χ1n) is 17.9. The summed E-state index contributed by atoms with van der Waals surface area (Å²) in [4.78, 5) is 0. The summed E-state index contributed by atoms with van der Waals surface area (Å²) in [7, 11) is 0. The summed E-state index contributed by atoms with van der Waals surface area (Å²) in [6.07, 6.45) is 0. The molecule has 0 N–H and O–H groups in total. The first kappa shape index (κ1) is 29.7. The standard InChI is InChI=1S/C51H36/c1-51(2)49-31-41(33-9-4-3-5-10-33)21-25-47(49)48-26-22-42(32-50(48)51)40-20-24-46-44(30-40)18-17-43-29-39(19-23-45(43)46)37-14-8-13-36(28-37)38-16-15-34-11-6-7-12-35(34)27-38/h3-32H,1-2H3. The molecule has 0 radical (unpaired) electrons. The van der Waals surface area contributed by atoms with Crippen molar-refractivity contribution in [1.82, 2.24) is 0 Å². The molecule has 0 unspecified atom stereocenters. The molecule has 0 nitrogen and oxygen atoms in total. The first-order chi connectivity index (χ1) is 25.0. The second-order valence-corrected chi connectivity index (χ2v) is 14.6. The normalized spacial score (nSPS) is 13.1. The maximum Gasteiger partial charge on any atom is 0.0159 e. The van der Waals surface area contributed by atoms with E-state index >= 15 is 0 Å². The molecule has 0 amide bonds. The molecule has 1 aliphatic rings. The molecule has 0 aliphatic heterocycles. The molecule has 1 aliphatic carbocycles. The Kier molecular flexibility index (Phi) is 6.63. The molecule has 0 fully saturated rings. The van der Waals surface area contributed by atoms with E-state index in [-0.39, 0.29) is 5.41 Å². The van der Waals surface area contributed by atoms with E-state index < -0.39 is 0 Å². The van der Waals surface area contributed by atoms with Gasteiger partial charge in [0, 0.05) is 5.41 Å². The minimum absolute atomic E-state index is 0.0782. The molecule has 0 spiro atoms. The van der Waals surface area contributed by atoms with Crippen molar-refractivity contribution in [2.75, 3.05) is 0 Å². The van der Waals surface area contributed by atoms with Crippen molar-refractivity contribution in [3.63, 3.8) is 0 Å². The summed E-state index contributed by atoms with van der Waals surface area (Å²) in [5, 5.41) is 7.64. The van der Waals surface area contributed by atoms with Crippen LogP contribution in [0.4, 0.5) is 0 Å². The third-order valence-electron chi connectivity index (χ3n) is 11.2. The van der Waals surface area contributed by atoms with Gasteiger partial charge in [-0.05, 0) is 135 Å². The van der Waals surface area contributed by atoms with Crippen LogP contribution in [0, 0.1) is 0 Å². The lowest BCUT2D eigenvalue weighted by Gasteiger charge is -2.22. The molecule has 240 valence electrons. The minimum Gasteiger partial charge on any atom is -0.0622 e. The quantitative estimate of drug-likeness (QED) is 0.167. The van der Waals surface area contributed by atoms with Crippen molar-refractivity contribution < 1.29 is 0 Å². The van der Waals surface area contributed by atoms with Gasteiger partial charge in [0.25, 0.3) is 0 Å². The van der Waals surface area contributed by atoms with Crippen LogP contribution in [0.1, 0.15) is 25.0 Å². The number of benzene rings is 9. The van der Waals surface area contributed by atoms with Gasteiger partial charge in [-0.2, -0.15) is 0 Å². The van der Waals surface area contributed by atoms with Crippen LogP contribution in [0.3, 0.4) is 0 Å². The van der Waals surface area contributed by atoms with E-state index in [2.05, 4.69) is 196 Å². The fraction of sp³-hybridized carbons (Fsp3) is 0.0588. The molecule has 0 saturated heterocycles. The summed E-state index contributed by atoms with van der Waals surface area (Å²) in [6.45, 7) is 4.74. The van der Waals surface area contributed by atoms with Gasteiger partial charge in [-0.15, -0.1) is 0 Å². The van der Waals surface area contributed by atoms with Gasteiger partial charge >= 0.3 is 0 Å². The highest BCUT2D eigenvalue weighted by molar-refractivity contribution is 6.09. The number of fused-ring (bicyclic) bond motifs is 7. The molecule has 0 heteroatoms. The van der Waals surface area contributed by atoms with Crippen LogP contribution in [-0.2, 0) is 5.41 Å². The Balaban J connectivity index is 0.973. The zero-order valence-electron chi connectivity index (χ0n) is 28.8. The maximum atomic E-state index is 2.43. The van der Waals surface area contributed by atoms with E-state index in [4.69, 9.17) is 0 Å². The average molecular weight is 649 g/mol. The Morgan fingerprint density at radius 1 is 0.275 bits per heavy atom. The Morgan fingerprint density at radius 3 is 1.29 bits per heavy atom. The van der Waals surface area contributed by atoms with E-state index in [0.717, 1.165) is 0 Å². The van der Waals surface area contributed by atoms with Gasteiger partial charge in [0.1, 0.15) is 0 Å². The predicted octanol–water partition coefficient (Wildman–Crippen LogP) is 14.1. The fourth-order valence-corrected chi connectivity index (χ4v) is 8.40. The molecular formula is C51H36. The summed E-state index contributed by atoms with van der Waals surface area (Å²) < 4.78 is 0. The van der Waals surface area contributed by atoms with Gasteiger partial charge in [0.05, 0.1) is 0 Å². The Labute approximate surface area is 299 Å². The van der Waals surface area contributed by atoms with Crippen LogP contribution < -0.4 is 0 Å². The molecule has 9 aromatic rings. The van der Waals surface area contributed by atoms with Crippen LogP contribution in [0.5, 0.6) is 0 Å². The molecule has 0 bridgehead atoms. The van der Waals surface area contributed by atoms with E-state index in [9.17, 15) is 0 Å². The second kappa shape index (κ2) is 11.4. The minimum atomic E-state index is -0.0782. The van der Waals surface area contributed by atoms with Gasteiger partial charge in [-0.3, -0.25) is 0 Å². The van der Waals surface area contributed by atoms with Crippen LogP contribution in [0.25, 0.3) is 88.0 Å². The largest absolute Gasteiger partial charge is 0.0622 e. The highest BCUT2D eigenvalue weighted by Gasteiger charge is 2.35. The van der Waals surface area contributed by atoms with Crippen molar-refractivity contribution in [2.45, 2.75) is 19.3 Å². The van der Waals surface area contributed by atoms with Gasteiger partial charge in [-0.1, -0.05) is 159 Å². The highest BCUT2D eigenvalue weighted by atomic mass is 14.4. The van der Waals surface area contributed by atoms with Gasteiger partial charge in [0.15, 0.2) is 0 Å². The third-order valence-corrected chi connectivity index (χ3v) is 11.2. The summed E-state index contributed by atoms with van der Waals surface area (Å²) in [6, 6.07) is 67.4. The predicted molar refractivity (Wildman–Crippen MR) is 218 cm³/mol. The first-order valence-corrected chi connectivity index (χ1v) is 17.9. The lowest BCUT2D eigenvalue weighted by atomic mass is 9.80. The third kappa shape index (κ3) is 4.90. The monoisotopic (exact) mass is 648 g/mol. The lowest BCUT2D eigenvalue weighted by Crippen LogP contribution is -2.15. The number of rotatable bonds is 4. The molecular weight excluding hydrogens is 613 g/mol. The number of hydrogen-bond donors (Lipinski definition) is 0. The maximum absolute atomic E-state index is 2.43. The zero-order chi connectivity index (χ0) is 34.1. The average Bonchev–Trinajstić information content (AvgIpc) is 3.42. The Bertz CT molecular complexity index is 2820. The second-order valence-electron chi connectivity index (χ2n) is 14.6. The van der Waals surface area contributed by atoms with Crippen LogP contribution >= 0.6 is 0 Å². The van der Waals surface area contributed by atoms with Crippen LogP contribution in [0.15, 0.2) is 182 Å². The zero-order valence-corrected chi connectivity index (χ0v) is 28.8. The SMILES string of the molecule is CC1(C)c2cc(-c3ccccc3)ccc2-c2ccc(-c3ccc4c(ccc5cc(-c6cccc(-c7ccc8ccccc8c7)c6)ccc54)c3)cc21. The van der Waals surface area contributed by atoms with Gasteiger partial charge < -0.3 is 0 Å². The number of hydrogen-bond acceptors (Lipinski definition) is 0. The smallest absolute Gasteiger partial charge is 0.0159 e. The highest BCUT2D eigenvalue weighted by Crippen LogP contribution is 2.50. The summed E-state index contributed by atoms with van der Waals surface area (Å²) >= 11 is 0. The summed E-state index contributed by atoms with van der Waals surface area (Å²) in [5.41, 5.74) is 15.4. The molecule has 0 atom stereocenters. The van der Waals surface area contributed by atoms with Crippen molar-refractivity contribution in [3.05, 3.63) is 193 Å². The summed E-state index contributed by atoms with van der Waals surface area (Å²) in [5.74, 6) is 0. The molecule has 10 rings (SSSR count). The molecule has 9 aromatic carbocycles. The van der Waals surface area contributed by atoms with Gasteiger partial charge in [0.2, 0.25) is 0 Å². The van der Waals surface area contributed by atoms with Crippen molar-refractivity contribution in [2.24, 2.45) is 0 Å². The molecule has 0 saturated carbocycles. The van der Waals surface area contributed by atoms with Crippen molar-refractivity contribution >= 4 is 32.3 Å². The van der Waals surface area contributed by atoms with Gasteiger partial charge in [-0.25, -0.2) is 0 Å². The fourth-order valence-electron chi connectivity index (χ4n) is 8.40. The van der Waals surface area contributed by atoms with E-state index in [1.165, 1.54) is 99.1 Å². The van der Waals surface area contributed by atoms with Crippen LogP contribution in [0.2, 0.25) is 0 Å². The van der Waals surface area contributed by atoms with Crippen molar-refractivity contribution in [3.8, 4) is 55.6 Å². The van der Waals surface area contributed by atoms with E-state index in [1.54, 1.807) is 0 Å². The molecule has 0 aromatic heterocycles. The molecule has 0 heterocycles. The topological polar surface area (TPSA) is 0 Å². The van der Waals surface area contributed by atoms with E-state index in [0.29, 0.717) is 0 Å². The Hall–Kier alpha value is -6.24. The Morgan fingerprint density at radius 2 is 0.686 bits per heavy atom. The molecule has 51 heavy (non-hydrogen) atoms. The van der Waals surface area contributed by atoms with E-state index in [1.807, 2.05) is 0 Å². The lowest BCUT2D eigenvalue weighted by molar-refractivity contribution is 0.661.